The fourth-order valence-electron chi connectivity index (χ4n) is 2.43. The molecule has 0 N–H and O–H groups in total. The van der Waals surface area contributed by atoms with Crippen molar-refractivity contribution in [2.45, 2.75) is 20.8 Å². The summed E-state index contributed by atoms with van der Waals surface area (Å²) in [5.74, 6) is -0.214. The fourth-order valence-corrected chi connectivity index (χ4v) is 3.29. The van der Waals surface area contributed by atoms with E-state index in [1.807, 2.05) is 66.3 Å². The van der Waals surface area contributed by atoms with Crippen molar-refractivity contribution >= 4 is 17.2 Å². The van der Waals surface area contributed by atoms with E-state index in [1.54, 1.807) is 0 Å². The Balaban J connectivity index is 2.09. The normalized spacial score (nSPS) is 11.7. The molecule has 3 aromatic rings. The molecule has 0 unspecified atom stereocenters. The van der Waals surface area contributed by atoms with E-state index >= 15 is 0 Å². The van der Waals surface area contributed by atoms with Crippen molar-refractivity contribution in [3.63, 3.8) is 0 Å². The van der Waals surface area contributed by atoms with Gasteiger partial charge in [-0.1, -0.05) is 35.9 Å². The molecule has 0 bridgehead atoms. The molecule has 3 rings (SSSR count). The van der Waals surface area contributed by atoms with Gasteiger partial charge in [0.2, 0.25) is 0 Å². The van der Waals surface area contributed by atoms with E-state index in [4.69, 9.17) is 0 Å². The molecule has 0 aliphatic carbocycles. The monoisotopic (exact) mass is 322 g/mol. The summed E-state index contributed by atoms with van der Waals surface area (Å²) in [7, 11) is 0. The van der Waals surface area contributed by atoms with Crippen molar-refractivity contribution in [3.8, 4) is 5.69 Å². The van der Waals surface area contributed by atoms with E-state index in [0.717, 1.165) is 22.5 Å². The van der Waals surface area contributed by atoms with Gasteiger partial charge in [0.15, 0.2) is 4.80 Å². The predicted molar refractivity (Wildman–Crippen MR) is 94.2 cm³/mol. The maximum atomic E-state index is 12.4. The van der Waals surface area contributed by atoms with Gasteiger partial charge in [0, 0.05) is 16.6 Å². The molecule has 0 spiro atoms. The third-order valence-corrected chi connectivity index (χ3v) is 4.67. The first kappa shape index (κ1) is 15.4. The average Bonchev–Trinajstić information content (AvgIpc) is 2.89. The van der Waals surface area contributed by atoms with Crippen LogP contribution >= 0.6 is 11.3 Å². The maximum Gasteiger partial charge on any atom is 0.279 e. The van der Waals surface area contributed by atoms with E-state index in [2.05, 4.69) is 18.0 Å². The van der Waals surface area contributed by atoms with Crippen molar-refractivity contribution < 1.29 is 4.79 Å². The van der Waals surface area contributed by atoms with E-state index in [1.165, 1.54) is 11.3 Å². The Labute approximate surface area is 139 Å². The number of aromatic nitrogens is 1. The molecule has 116 valence electrons. The van der Waals surface area contributed by atoms with Crippen molar-refractivity contribution in [2.24, 2.45) is 4.99 Å². The maximum absolute atomic E-state index is 12.4. The SMILES string of the molecule is Cc1ccc(C(=O)N=c2scc(C)n2-c2ccccc2C)cc1. The Morgan fingerprint density at radius 3 is 2.39 bits per heavy atom. The van der Waals surface area contributed by atoms with Crippen LogP contribution in [0.15, 0.2) is 58.9 Å². The molecular weight excluding hydrogens is 304 g/mol. The molecule has 0 atom stereocenters. The number of aryl methyl sites for hydroxylation is 3. The van der Waals surface area contributed by atoms with Gasteiger partial charge >= 0.3 is 0 Å². The lowest BCUT2D eigenvalue weighted by atomic mass is 10.1. The number of nitrogens with zero attached hydrogens (tertiary/aromatic N) is 2. The molecule has 0 aliphatic rings. The van der Waals surface area contributed by atoms with Gasteiger partial charge in [-0.25, -0.2) is 0 Å². The van der Waals surface area contributed by atoms with Gasteiger partial charge in [-0.2, -0.15) is 4.99 Å². The standard InChI is InChI=1S/C19H18N2OS/c1-13-8-10-16(11-9-13)18(22)20-19-21(15(3)12-23-19)17-7-5-4-6-14(17)2/h4-12H,1-3H3. The Morgan fingerprint density at radius 2 is 1.70 bits per heavy atom. The van der Waals surface area contributed by atoms with Crippen LogP contribution in [0.3, 0.4) is 0 Å². The summed E-state index contributed by atoms with van der Waals surface area (Å²) in [4.78, 5) is 17.5. The summed E-state index contributed by atoms with van der Waals surface area (Å²) in [5, 5.41) is 2.02. The zero-order valence-electron chi connectivity index (χ0n) is 13.4. The summed E-state index contributed by atoms with van der Waals surface area (Å²) in [6.45, 7) is 6.09. The van der Waals surface area contributed by atoms with Crippen LogP contribution in [-0.4, -0.2) is 10.5 Å². The number of para-hydroxylation sites is 1. The van der Waals surface area contributed by atoms with Crippen LogP contribution in [0.25, 0.3) is 5.69 Å². The van der Waals surface area contributed by atoms with Gasteiger partial charge in [-0.3, -0.25) is 9.36 Å². The molecule has 0 saturated carbocycles. The van der Waals surface area contributed by atoms with Crippen LogP contribution in [0, 0.1) is 20.8 Å². The molecule has 1 amide bonds. The van der Waals surface area contributed by atoms with Gasteiger partial charge in [-0.15, -0.1) is 11.3 Å². The van der Waals surface area contributed by atoms with Gasteiger partial charge in [0.25, 0.3) is 5.91 Å². The number of rotatable bonds is 2. The number of hydrogen-bond donors (Lipinski definition) is 0. The summed E-state index contributed by atoms with van der Waals surface area (Å²) in [6, 6.07) is 15.6. The summed E-state index contributed by atoms with van der Waals surface area (Å²) in [5.41, 5.74) is 5.01. The number of carbonyl (C=O) groups is 1. The second-order valence-electron chi connectivity index (χ2n) is 5.56. The highest BCUT2D eigenvalue weighted by atomic mass is 32.1. The molecule has 1 aromatic heterocycles. The second-order valence-corrected chi connectivity index (χ2v) is 6.40. The van der Waals surface area contributed by atoms with E-state index in [0.29, 0.717) is 10.4 Å². The summed E-state index contributed by atoms with van der Waals surface area (Å²) >= 11 is 1.48. The van der Waals surface area contributed by atoms with Crippen LogP contribution < -0.4 is 4.80 Å². The van der Waals surface area contributed by atoms with Crippen LogP contribution in [0.1, 0.15) is 27.2 Å². The van der Waals surface area contributed by atoms with Crippen LogP contribution in [-0.2, 0) is 0 Å². The lowest BCUT2D eigenvalue weighted by Gasteiger charge is -2.09. The van der Waals surface area contributed by atoms with Crippen LogP contribution in [0.4, 0.5) is 0 Å². The Bertz CT molecular complexity index is 917. The summed E-state index contributed by atoms with van der Waals surface area (Å²) in [6.07, 6.45) is 0. The van der Waals surface area contributed by atoms with Crippen molar-refractivity contribution in [3.05, 3.63) is 81.1 Å². The first-order chi connectivity index (χ1) is 11.1. The van der Waals surface area contributed by atoms with Crippen LogP contribution in [0.2, 0.25) is 0 Å². The fraction of sp³-hybridized carbons (Fsp3) is 0.158. The zero-order chi connectivity index (χ0) is 16.4. The summed E-state index contributed by atoms with van der Waals surface area (Å²) < 4.78 is 2.03. The molecule has 0 aliphatic heterocycles. The number of thiazole rings is 1. The quantitative estimate of drug-likeness (QED) is 0.696. The molecule has 3 nitrogen and oxygen atoms in total. The number of hydrogen-bond acceptors (Lipinski definition) is 2. The van der Waals surface area contributed by atoms with Crippen LogP contribution in [0.5, 0.6) is 0 Å². The minimum Gasteiger partial charge on any atom is -0.289 e. The Hall–Kier alpha value is -2.46. The molecule has 1 heterocycles. The highest BCUT2D eigenvalue weighted by Crippen LogP contribution is 2.15. The van der Waals surface area contributed by atoms with Gasteiger partial charge in [0.1, 0.15) is 0 Å². The number of benzene rings is 2. The van der Waals surface area contributed by atoms with E-state index < -0.39 is 0 Å². The first-order valence-electron chi connectivity index (χ1n) is 7.45. The van der Waals surface area contributed by atoms with E-state index in [-0.39, 0.29) is 5.91 Å². The molecule has 0 saturated heterocycles. The van der Waals surface area contributed by atoms with Crippen molar-refractivity contribution in [1.82, 2.24) is 4.57 Å². The number of amides is 1. The van der Waals surface area contributed by atoms with E-state index in [9.17, 15) is 4.79 Å². The van der Waals surface area contributed by atoms with Gasteiger partial charge < -0.3 is 0 Å². The molecule has 0 radical (unpaired) electrons. The first-order valence-corrected chi connectivity index (χ1v) is 8.33. The third kappa shape index (κ3) is 3.17. The second kappa shape index (κ2) is 6.34. The largest absolute Gasteiger partial charge is 0.289 e. The lowest BCUT2D eigenvalue weighted by Crippen LogP contribution is -2.17. The minimum absolute atomic E-state index is 0.214. The average molecular weight is 322 g/mol. The van der Waals surface area contributed by atoms with Crippen molar-refractivity contribution in [2.75, 3.05) is 0 Å². The molecule has 0 fully saturated rings. The molecular formula is C19H18N2OS. The Kier molecular flexibility index (Phi) is 4.26. The third-order valence-electron chi connectivity index (χ3n) is 3.73. The smallest absolute Gasteiger partial charge is 0.279 e. The highest BCUT2D eigenvalue weighted by molar-refractivity contribution is 7.07. The highest BCUT2D eigenvalue weighted by Gasteiger charge is 2.09. The number of carbonyl (C=O) groups excluding carboxylic acids is 1. The topological polar surface area (TPSA) is 34.4 Å². The molecule has 4 heteroatoms. The Morgan fingerprint density at radius 1 is 1.00 bits per heavy atom. The lowest BCUT2D eigenvalue weighted by molar-refractivity contribution is 0.0998. The molecule has 23 heavy (non-hydrogen) atoms. The van der Waals surface area contributed by atoms with Gasteiger partial charge in [0.05, 0.1) is 5.69 Å². The zero-order valence-corrected chi connectivity index (χ0v) is 14.2. The predicted octanol–water partition coefficient (Wildman–Crippen LogP) is 4.21. The molecule has 2 aromatic carbocycles. The minimum atomic E-state index is -0.214. The van der Waals surface area contributed by atoms with Gasteiger partial charge in [-0.05, 0) is 44.5 Å². The van der Waals surface area contributed by atoms with Crippen molar-refractivity contribution in [1.29, 1.82) is 0 Å².